The Labute approximate surface area is 112 Å². The Bertz CT molecular complexity index is 646. The third kappa shape index (κ3) is 2.95. The Morgan fingerprint density at radius 2 is 1.68 bits per heavy atom. The fraction of sp³-hybridized carbons (Fsp3) is 0. The maximum Gasteiger partial charge on any atom is 0.186 e. The smallest absolute Gasteiger partial charge is 0.186 e. The van der Waals surface area contributed by atoms with Gasteiger partial charge in [0.25, 0.3) is 0 Å². The number of anilines is 5. The number of hydrogen-bond donors (Lipinski definition) is 5. The summed E-state index contributed by atoms with van der Waals surface area (Å²) >= 11 is -2.05. The van der Waals surface area contributed by atoms with E-state index in [4.69, 9.17) is 21.8 Å². The van der Waals surface area contributed by atoms with Crippen LogP contribution < -0.4 is 22.5 Å². The number of benzene rings is 2. The maximum atomic E-state index is 10.9. The Kier molecular flexibility index (Phi) is 3.59. The molecule has 0 saturated heterocycles. The zero-order valence-corrected chi connectivity index (χ0v) is 10.8. The Morgan fingerprint density at radius 1 is 0.947 bits per heavy atom. The molecule has 0 aliphatic carbocycles. The summed E-state index contributed by atoms with van der Waals surface area (Å²) in [7, 11) is 0. The van der Waals surface area contributed by atoms with Crippen LogP contribution in [0.3, 0.4) is 0 Å². The second-order valence-corrected chi connectivity index (χ2v) is 4.94. The maximum absolute atomic E-state index is 10.9. The SMILES string of the molecule is Nc1ccc(Nc2ccc(S(=O)O)cc2N)cc1N. The van der Waals surface area contributed by atoms with E-state index < -0.39 is 11.1 Å². The first-order valence-electron chi connectivity index (χ1n) is 5.40. The van der Waals surface area contributed by atoms with Gasteiger partial charge in [0.1, 0.15) is 0 Å². The van der Waals surface area contributed by atoms with Crippen LogP contribution >= 0.6 is 0 Å². The van der Waals surface area contributed by atoms with Crippen LogP contribution in [0, 0.1) is 0 Å². The van der Waals surface area contributed by atoms with Crippen molar-refractivity contribution in [3.05, 3.63) is 36.4 Å². The van der Waals surface area contributed by atoms with Gasteiger partial charge < -0.3 is 27.1 Å². The van der Waals surface area contributed by atoms with Gasteiger partial charge in [-0.05, 0) is 36.4 Å². The molecule has 0 spiro atoms. The molecule has 0 bridgehead atoms. The molecule has 2 aromatic carbocycles. The van der Waals surface area contributed by atoms with Gasteiger partial charge in [0, 0.05) is 5.69 Å². The van der Waals surface area contributed by atoms with Crippen LogP contribution in [-0.2, 0) is 11.1 Å². The summed E-state index contributed by atoms with van der Waals surface area (Å²) in [5.74, 6) is 0. The number of nitrogens with one attached hydrogen (secondary N) is 1. The zero-order valence-electron chi connectivity index (χ0n) is 9.96. The van der Waals surface area contributed by atoms with Crippen LogP contribution in [0.15, 0.2) is 41.3 Å². The van der Waals surface area contributed by atoms with E-state index in [0.29, 0.717) is 22.7 Å². The molecule has 2 aromatic rings. The molecular weight excluding hydrogens is 264 g/mol. The van der Waals surface area contributed by atoms with Gasteiger partial charge in [-0.3, -0.25) is 0 Å². The summed E-state index contributed by atoms with van der Waals surface area (Å²) < 4.78 is 19.9. The van der Waals surface area contributed by atoms with Gasteiger partial charge in [-0.2, -0.15) is 0 Å². The van der Waals surface area contributed by atoms with Gasteiger partial charge in [0.2, 0.25) is 0 Å². The molecule has 19 heavy (non-hydrogen) atoms. The standard InChI is InChI=1S/C12H14N4O2S/c13-9-3-1-7(5-10(9)14)16-12-4-2-8(19(17)18)6-11(12)15/h1-6,16H,13-15H2,(H,17,18). The molecule has 8 N–H and O–H groups in total. The van der Waals surface area contributed by atoms with Crippen molar-refractivity contribution in [2.45, 2.75) is 4.90 Å². The van der Waals surface area contributed by atoms with E-state index in [-0.39, 0.29) is 4.90 Å². The van der Waals surface area contributed by atoms with E-state index in [0.717, 1.165) is 5.69 Å². The normalized spacial score (nSPS) is 12.1. The summed E-state index contributed by atoms with van der Waals surface area (Å²) in [5, 5.41) is 3.07. The highest BCUT2D eigenvalue weighted by atomic mass is 32.2. The fourth-order valence-corrected chi connectivity index (χ4v) is 1.98. The number of rotatable bonds is 3. The Balaban J connectivity index is 2.28. The van der Waals surface area contributed by atoms with Crippen LogP contribution in [-0.4, -0.2) is 8.76 Å². The van der Waals surface area contributed by atoms with E-state index in [1.807, 2.05) is 0 Å². The van der Waals surface area contributed by atoms with Crippen molar-refractivity contribution < 1.29 is 8.76 Å². The summed E-state index contributed by atoms with van der Waals surface area (Å²) in [6.07, 6.45) is 0. The van der Waals surface area contributed by atoms with Gasteiger partial charge in [-0.1, -0.05) is 0 Å². The molecule has 7 heteroatoms. The van der Waals surface area contributed by atoms with Crippen molar-refractivity contribution in [3.63, 3.8) is 0 Å². The van der Waals surface area contributed by atoms with Gasteiger partial charge in [-0.15, -0.1) is 0 Å². The summed E-state index contributed by atoms with van der Waals surface area (Å²) in [6, 6.07) is 9.74. The largest absolute Gasteiger partial charge is 0.397 e. The van der Waals surface area contributed by atoms with E-state index in [2.05, 4.69) is 5.32 Å². The molecule has 0 amide bonds. The Morgan fingerprint density at radius 3 is 2.26 bits per heavy atom. The molecule has 0 heterocycles. The Hall–Kier alpha value is -2.25. The molecule has 0 aliphatic rings. The average Bonchev–Trinajstić information content (AvgIpc) is 2.36. The second-order valence-electron chi connectivity index (χ2n) is 3.97. The van der Waals surface area contributed by atoms with Gasteiger partial charge in [-0.25, -0.2) is 4.21 Å². The molecule has 0 radical (unpaired) electrons. The van der Waals surface area contributed by atoms with Crippen molar-refractivity contribution in [2.75, 3.05) is 22.5 Å². The van der Waals surface area contributed by atoms with E-state index >= 15 is 0 Å². The second kappa shape index (κ2) is 5.17. The lowest BCUT2D eigenvalue weighted by molar-refractivity contribution is 0.564. The molecule has 100 valence electrons. The number of hydrogen-bond acceptors (Lipinski definition) is 5. The molecule has 0 aliphatic heterocycles. The fourth-order valence-electron chi connectivity index (χ4n) is 1.57. The predicted octanol–water partition coefficient (Wildman–Crippen LogP) is 1.76. The summed E-state index contributed by atoms with van der Waals surface area (Å²) in [5.41, 5.74) is 19.8. The van der Waals surface area contributed by atoms with Gasteiger partial charge >= 0.3 is 0 Å². The van der Waals surface area contributed by atoms with E-state index in [9.17, 15) is 4.21 Å². The average molecular weight is 278 g/mol. The van der Waals surface area contributed by atoms with Crippen molar-refractivity contribution >= 4 is 39.5 Å². The first-order valence-corrected chi connectivity index (χ1v) is 6.50. The topological polar surface area (TPSA) is 127 Å². The van der Waals surface area contributed by atoms with Crippen LogP contribution in [0.25, 0.3) is 0 Å². The number of nitrogen functional groups attached to an aromatic ring is 3. The lowest BCUT2D eigenvalue weighted by Crippen LogP contribution is -2.00. The first-order chi connectivity index (χ1) is 8.97. The minimum absolute atomic E-state index is 0.250. The highest BCUT2D eigenvalue weighted by molar-refractivity contribution is 7.79. The molecule has 1 unspecified atom stereocenters. The molecular formula is C12H14N4O2S. The lowest BCUT2D eigenvalue weighted by atomic mass is 10.2. The first kappa shape index (κ1) is 13.2. The minimum Gasteiger partial charge on any atom is -0.397 e. The predicted molar refractivity (Wildman–Crippen MR) is 78.4 cm³/mol. The van der Waals surface area contributed by atoms with Crippen molar-refractivity contribution in [1.82, 2.24) is 0 Å². The highest BCUT2D eigenvalue weighted by Crippen LogP contribution is 2.27. The molecule has 0 fully saturated rings. The minimum atomic E-state index is -2.05. The van der Waals surface area contributed by atoms with Crippen LogP contribution in [0.2, 0.25) is 0 Å². The monoisotopic (exact) mass is 278 g/mol. The quantitative estimate of drug-likeness (QED) is 0.430. The zero-order chi connectivity index (χ0) is 14.0. The van der Waals surface area contributed by atoms with Crippen LogP contribution in [0.4, 0.5) is 28.4 Å². The summed E-state index contributed by atoms with van der Waals surface area (Å²) in [6.45, 7) is 0. The van der Waals surface area contributed by atoms with Crippen molar-refractivity contribution in [1.29, 1.82) is 0 Å². The van der Waals surface area contributed by atoms with E-state index in [1.165, 1.54) is 12.1 Å². The van der Waals surface area contributed by atoms with Crippen LogP contribution in [0.5, 0.6) is 0 Å². The lowest BCUT2D eigenvalue weighted by Gasteiger charge is -2.11. The number of nitrogens with two attached hydrogens (primary N) is 3. The van der Waals surface area contributed by atoms with Crippen LogP contribution in [0.1, 0.15) is 0 Å². The summed E-state index contributed by atoms with van der Waals surface area (Å²) in [4.78, 5) is 0.250. The third-order valence-corrected chi connectivity index (χ3v) is 3.25. The van der Waals surface area contributed by atoms with E-state index in [1.54, 1.807) is 24.3 Å². The van der Waals surface area contributed by atoms with Crippen molar-refractivity contribution in [3.8, 4) is 0 Å². The third-order valence-electron chi connectivity index (χ3n) is 2.59. The molecule has 1 atom stereocenters. The molecule has 2 rings (SSSR count). The van der Waals surface area contributed by atoms with Gasteiger partial charge in [0.05, 0.1) is 27.6 Å². The molecule has 6 nitrogen and oxygen atoms in total. The highest BCUT2D eigenvalue weighted by Gasteiger charge is 2.05. The van der Waals surface area contributed by atoms with Crippen molar-refractivity contribution in [2.24, 2.45) is 0 Å². The van der Waals surface area contributed by atoms with Gasteiger partial charge in [0.15, 0.2) is 11.1 Å². The molecule has 0 saturated carbocycles. The molecule has 0 aromatic heterocycles.